The molecule has 32 heavy (non-hydrogen) atoms. The molecule has 1 heteroatoms. The van der Waals surface area contributed by atoms with Crippen molar-refractivity contribution in [2.45, 2.75) is 40.0 Å². The van der Waals surface area contributed by atoms with E-state index in [4.69, 9.17) is 4.98 Å². The first-order valence-electron chi connectivity index (χ1n) is 11.3. The summed E-state index contributed by atoms with van der Waals surface area (Å²) in [6.45, 7) is 14.2. The highest BCUT2D eigenvalue weighted by Gasteiger charge is 2.05. The monoisotopic (exact) mass is 419 g/mol. The van der Waals surface area contributed by atoms with Crippen molar-refractivity contribution in [1.29, 1.82) is 0 Å². The Labute approximate surface area is 193 Å². The summed E-state index contributed by atoms with van der Waals surface area (Å²) in [6, 6.07) is 19.4. The number of hydrogen-bond acceptors (Lipinski definition) is 1. The van der Waals surface area contributed by atoms with E-state index >= 15 is 0 Å². The van der Waals surface area contributed by atoms with Crippen LogP contribution >= 0.6 is 0 Å². The van der Waals surface area contributed by atoms with Gasteiger partial charge in [-0.1, -0.05) is 85.5 Å². The second-order valence-corrected chi connectivity index (χ2v) is 8.27. The molecule has 0 amide bonds. The van der Waals surface area contributed by atoms with Crippen LogP contribution in [0.2, 0.25) is 0 Å². The molecule has 0 saturated carbocycles. The van der Waals surface area contributed by atoms with Crippen molar-refractivity contribution < 1.29 is 0 Å². The van der Waals surface area contributed by atoms with Crippen LogP contribution in [-0.4, -0.2) is 4.98 Å². The van der Waals surface area contributed by atoms with E-state index in [9.17, 15) is 0 Å². The van der Waals surface area contributed by atoms with Gasteiger partial charge in [-0.25, -0.2) is 4.98 Å². The molecule has 0 aliphatic heterocycles. The van der Waals surface area contributed by atoms with Crippen LogP contribution in [0.3, 0.4) is 0 Å². The van der Waals surface area contributed by atoms with Gasteiger partial charge in [0.1, 0.15) is 0 Å². The Balaban J connectivity index is 1.66. The van der Waals surface area contributed by atoms with E-state index in [2.05, 4.69) is 113 Å². The average molecular weight is 420 g/mol. The third kappa shape index (κ3) is 6.28. The van der Waals surface area contributed by atoms with E-state index in [-0.39, 0.29) is 0 Å². The third-order valence-corrected chi connectivity index (χ3v) is 5.62. The number of benzene rings is 2. The highest BCUT2D eigenvalue weighted by atomic mass is 14.7. The molecule has 1 nitrogen and oxygen atoms in total. The van der Waals surface area contributed by atoms with E-state index in [1.54, 1.807) is 0 Å². The molecule has 0 bridgehead atoms. The quantitative estimate of drug-likeness (QED) is 0.316. The molecule has 0 unspecified atom stereocenters. The van der Waals surface area contributed by atoms with E-state index in [0.29, 0.717) is 0 Å². The van der Waals surface area contributed by atoms with E-state index in [1.165, 1.54) is 33.2 Å². The third-order valence-electron chi connectivity index (χ3n) is 5.62. The number of pyridine rings is 1. The lowest BCUT2D eigenvalue weighted by molar-refractivity contribution is 0.816. The molecule has 0 N–H and O–H groups in total. The Kier molecular flexibility index (Phi) is 8.16. The molecule has 0 fully saturated rings. The molecule has 2 aromatic carbocycles. The van der Waals surface area contributed by atoms with Gasteiger partial charge in [0.15, 0.2) is 0 Å². The van der Waals surface area contributed by atoms with Crippen LogP contribution < -0.4 is 0 Å². The molecule has 0 aliphatic rings. The second kappa shape index (κ2) is 11.2. The molecule has 162 valence electrons. The van der Waals surface area contributed by atoms with Gasteiger partial charge in [0.05, 0.1) is 11.2 Å². The first-order valence-corrected chi connectivity index (χ1v) is 11.3. The van der Waals surface area contributed by atoms with Gasteiger partial charge < -0.3 is 0 Å². The van der Waals surface area contributed by atoms with Crippen LogP contribution in [0.15, 0.2) is 103 Å². The number of fused-ring (bicyclic) bond motifs is 1. The van der Waals surface area contributed by atoms with Crippen LogP contribution in [0.5, 0.6) is 0 Å². The van der Waals surface area contributed by atoms with E-state index in [0.717, 1.165) is 36.0 Å². The van der Waals surface area contributed by atoms with Crippen LogP contribution in [0.4, 0.5) is 0 Å². The average Bonchev–Trinajstić information content (AvgIpc) is 2.79. The summed E-state index contributed by atoms with van der Waals surface area (Å²) in [4.78, 5) is 4.79. The highest BCUT2D eigenvalue weighted by molar-refractivity contribution is 5.81. The minimum absolute atomic E-state index is 0.979. The van der Waals surface area contributed by atoms with Gasteiger partial charge in [-0.15, -0.1) is 0 Å². The Morgan fingerprint density at radius 2 is 1.84 bits per heavy atom. The van der Waals surface area contributed by atoms with Crippen molar-refractivity contribution in [3.05, 3.63) is 125 Å². The number of aromatic nitrogens is 1. The lowest BCUT2D eigenvalue weighted by Gasteiger charge is -2.12. The molecule has 0 spiro atoms. The zero-order valence-corrected chi connectivity index (χ0v) is 19.6. The summed E-state index contributed by atoms with van der Waals surface area (Å²) in [5, 5.41) is 1.17. The normalized spacial score (nSPS) is 12.5. The summed E-state index contributed by atoms with van der Waals surface area (Å²) in [5.74, 6) is 0. The van der Waals surface area contributed by atoms with Gasteiger partial charge in [0, 0.05) is 5.39 Å². The minimum atomic E-state index is 0.979. The topological polar surface area (TPSA) is 12.9 Å². The van der Waals surface area contributed by atoms with E-state index < -0.39 is 0 Å². The summed E-state index contributed by atoms with van der Waals surface area (Å²) in [5.41, 5.74) is 9.44. The summed E-state index contributed by atoms with van der Waals surface area (Å²) in [7, 11) is 0. The van der Waals surface area contributed by atoms with Gasteiger partial charge >= 0.3 is 0 Å². The number of allylic oxidation sites excluding steroid dienone is 6. The Morgan fingerprint density at radius 1 is 1.03 bits per heavy atom. The zero-order valence-electron chi connectivity index (χ0n) is 19.6. The van der Waals surface area contributed by atoms with Gasteiger partial charge in [-0.3, -0.25) is 0 Å². The Hall–Kier alpha value is -3.45. The molecule has 3 rings (SSSR count). The van der Waals surface area contributed by atoms with Crippen molar-refractivity contribution in [2.75, 3.05) is 0 Å². The zero-order chi connectivity index (χ0) is 22.9. The fourth-order valence-corrected chi connectivity index (χ4v) is 3.93. The van der Waals surface area contributed by atoms with E-state index in [1.807, 2.05) is 6.08 Å². The number of nitrogens with zero attached hydrogens (tertiary/aromatic N) is 1. The lowest BCUT2D eigenvalue weighted by atomic mass is 9.93. The second-order valence-electron chi connectivity index (χ2n) is 8.27. The largest absolute Gasteiger partial charge is 0.248 e. The van der Waals surface area contributed by atoms with Gasteiger partial charge in [0.2, 0.25) is 0 Å². The van der Waals surface area contributed by atoms with Crippen molar-refractivity contribution >= 4 is 23.1 Å². The first kappa shape index (κ1) is 23.2. The molecule has 0 aliphatic carbocycles. The van der Waals surface area contributed by atoms with Crippen LogP contribution in [0, 0.1) is 6.92 Å². The number of rotatable bonds is 9. The molecule has 0 atom stereocenters. The molecule has 1 heterocycles. The van der Waals surface area contributed by atoms with Crippen LogP contribution in [-0.2, 0) is 6.42 Å². The standard InChI is InChI=1S/C31H33N/c1-6-10-30(23(3)4)27(7-2)14-9-13-25-11-8-12-26(22-25)16-19-29-20-18-28-17-15-24(5)21-31(28)32-29/h6-8,10-12,15-22H,1,3,9,13-14H2,2,4-5H3/b19-16+,27-7-,30-10-. The van der Waals surface area contributed by atoms with Crippen molar-refractivity contribution in [1.82, 2.24) is 4.98 Å². The first-order chi connectivity index (χ1) is 15.5. The maximum Gasteiger partial charge on any atom is 0.0711 e. The highest BCUT2D eigenvalue weighted by Crippen LogP contribution is 2.24. The van der Waals surface area contributed by atoms with Crippen molar-refractivity contribution in [2.24, 2.45) is 0 Å². The lowest BCUT2D eigenvalue weighted by Crippen LogP contribution is -1.94. The van der Waals surface area contributed by atoms with Gasteiger partial charge in [-0.05, 0) is 86.1 Å². The summed E-state index contributed by atoms with van der Waals surface area (Å²) in [6.07, 6.45) is 13.5. The fourth-order valence-electron chi connectivity index (χ4n) is 3.93. The molecule has 3 aromatic rings. The molecular weight excluding hydrogens is 386 g/mol. The predicted octanol–water partition coefficient (Wildman–Crippen LogP) is 8.67. The Morgan fingerprint density at radius 3 is 2.59 bits per heavy atom. The SMILES string of the molecule is C=C/C=C(C(=C)C)\C(=C/C)CCCc1cccc(/C=C/c2ccc3ccc(C)cc3n2)c1. The fraction of sp³-hybridized carbons (Fsp3) is 0.194. The number of aryl methyl sites for hydroxylation is 2. The molecule has 1 aromatic heterocycles. The van der Waals surface area contributed by atoms with Gasteiger partial charge in [-0.2, -0.15) is 0 Å². The maximum absolute atomic E-state index is 4.79. The minimum Gasteiger partial charge on any atom is -0.248 e. The smallest absolute Gasteiger partial charge is 0.0711 e. The maximum atomic E-state index is 4.79. The van der Waals surface area contributed by atoms with Crippen molar-refractivity contribution in [3.63, 3.8) is 0 Å². The van der Waals surface area contributed by atoms with Crippen molar-refractivity contribution in [3.8, 4) is 0 Å². The molecule has 0 radical (unpaired) electrons. The number of hydrogen-bond donors (Lipinski definition) is 0. The van der Waals surface area contributed by atoms with Crippen LogP contribution in [0.1, 0.15) is 49.1 Å². The molecular formula is C31H33N. The molecule has 0 saturated heterocycles. The Bertz CT molecular complexity index is 1200. The summed E-state index contributed by atoms with van der Waals surface area (Å²) >= 11 is 0. The van der Waals surface area contributed by atoms with Gasteiger partial charge in [0.25, 0.3) is 0 Å². The summed E-state index contributed by atoms with van der Waals surface area (Å²) < 4.78 is 0. The van der Waals surface area contributed by atoms with Crippen LogP contribution in [0.25, 0.3) is 23.1 Å². The predicted molar refractivity (Wildman–Crippen MR) is 142 cm³/mol.